The normalized spacial score (nSPS) is 17.0. The van der Waals surface area contributed by atoms with E-state index in [-0.39, 0.29) is 38.1 Å². The maximum atomic E-state index is 11.0. The number of benzene rings is 1. The van der Waals surface area contributed by atoms with Crippen molar-refractivity contribution in [2.75, 3.05) is 13.9 Å². The SMILES string of the molecule is COCOc1cc([Se]c2ccc(C(=O)O)cn2)cc2c1C(C)(C)CCC2(C)C. The number of hydrogen-bond donors (Lipinski definition) is 1. The molecule has 1 N–H and O–H groups in total. The third kappa shape index (κ3) is 4.24. The second-order valence-electron chi connectivity index (χ2n) is 8.45. The van der Waals surface area contributed by atoms with Gasteiger partial charge in [-0.2, -0.15) is 0 Å². The molecule has 150 valence electrons. The monoisotopic (exact) mass is 449 g/mol. The van der Waals surface area contributed by atoms with E-state index in [4.69, 9.17) is 14.6 Å². The van der Waals surface area contributed by atoms with E-state index in [0.29, 0.717) is 0 Å². The van der Waals surface area contributed by atoms with Crippen LogP contribution in [-0.2, 0) is 15.6 Å². The van der Waals surface area contributed by atoms with E-state index in [9.17, 15) is 4.79 Å². The second kappa shape index (κ2) is 7.86. The van der Waals surface area contributed by atoms with Crippen molar-refractivity contribution in [1.29, 1.82) is 0 Å². The van der Waals surface area contributed by atoms with Crippen LogP contribution in [0.15, 0.2) is 30.5 Å². The summed E-state index contributed by atoms with van der Waals surface area (Å²) in [5.74, 6) is -0.0734. The van der Waals surface area contributed by atoms with Gasteiger partial charge in [0.2, 0.25) is 0 Å². The van der Waals surface area contributed by atoms with Crippen LogP contribution in [0.1, 0.15) is 62.0 Å². The van der Waals surface area contributed by atoms with Gasteiger partial charge < -0.3 is 0 Å². The van der Waals surface area contributed by atoms with E-state index in [1.165, 1.54) is 21.8 Å². The first-order valence-electron chi connectivity index (χ1n) is 9.32. The van der Waals surface area contributed by atoms with Crippen LogP contribution >= 0.6 is 0 Å². The summed E-state index contributed by atoms with van der Waals surface area (Å²) in [7, 11) is 1.63. The van der Waals surface area contributed by atoms with Crippen LogP contribution in [0.4, 0.5) is 0 Å². The van der Waals surface area contributed by atoms with E-state index in [1.807, 2.05) is 0 Å². The molecule has 0 atom stereocenters. The van der Waals surface area contributed by atoms with Crippen LogP contribution < -0.4 is 13.8 Å². The Morgan fingerprint density at radius 2 is 1.89 bits per heavy atom. The molecule has 0 bridgehead atoms. The zero-order valence-corrected chi connectivity index (χ0v) is 18.7. The number of hydrogen-bond acceptors (Lipinski definition) is 4. The number of nitrogens with zero attached hydrogens (tertiary/aromatic N) is 1. The van der Waals surface area contributed by atoms with Crippen LogP contribution in [0, 0.1) is 0 Å². The van der Waals surface area contributed by atoms with E-state index in [1.54, 1.807) is 19.2 Å². The number of carboxylic acid groups (broad SMARTS) is 1. The molecule has 1 aliphatic rings. The van der Waals surface area contributed by atoms with Crippen LogP contribution in [0.2, 0.25) is 0 Å². The summed E-state index contributed by atoms with van der Waals surface area (Å²) in [6, 6.07) is 7.81. The van der Waals surface area contributed by atoms with Gasteiger partial charge in [0.15, 0.2) is 0 Å². The van der Waals surface area contributed by atoms with Gasteiger partial charge >= 0.3 is 173 Å². The van der Waals surface area contributed by atoms with Crippen LogP contribution in [0.5, 0.6) is 5.75 Å². The zero-order valence-electron chi connectivity index (χ0n) is 17.0. The molecule has 2 aromatic rings. The average molecular weight is 448 g/mol. The summed E-state index contributed by atoms with van der Waals surface area (Å²) >= 11 is -0.0467. The molecular formula is C22H27NO4Se. The molecule has 28 heavy (non-hydrogen) atoms. The van der Waals surface area contributed by atoms with Crippen molar-refractivity contribution >= 4 is 30.0 Å². The van der Waals surface area contributed by atoms with Gasteiger partial charge in [0.05, 0.1) is 0 Å². The van der Waals surface area contributed by atoms with Gasteiger partial charge in [-0.3, -0.25) is 0 Å². The molecule has 1 aromatic carbocycles. The van der Waals surface area contributed by atoms with E-state index in [0.717, 1.165) is 23.2 Å². The minimum absolute atomic E-state index is 0.0425. The van der Waals surface area contributed by atoms with Gasteiger partial charge in [-0.05, 0) is 0 Å². The number of aromatic nitrogens is 1. The molecule has 0 fully saturated rings. The number of pyridine rings is 1. The van der Waals surface area contributed by atoms with Gasteiger partial charge in [0.1, 0.15) is 0 Å². The van der Waals surface area contributed by atoms with Crippen LogP contribution in [0.25, 0.3) is 0 Å². The Balaban J connectivity index is 2.04. The van der Waals surface area contributed by atoms with Gasteiger partial charge in [-0.25, -0.2) is 0 Å². The Labute approximate surface area is 172 Å². The predicted octanol–water partition coefficient (Wildman–Crippen LogP) is 2.77. The second-order valence-corrected chi connectivity index (χ2v) is 10.7. The average Bonchev–Trinajstić information content (AvgIpc) is 2.64. The van der Waals surface area contributed by atoms with Gasteiger partial charge in [0, 0.05) is 0 Å². The fourth-order valence-corrected chi connectivity index (χ4v) is 5.42. The van der Waals surface area contributed by atoms with Crippen LogP contribution in [0.3, 0.4) is 0 Å². The Hall–Kier alpha value is -1.88. The molecule has 5 nitrogen and oxygen atoms in total. The molecule has 1 aromatic heterocycles. The molecule has 3 rings (SSSR count). The van der Waals surface area contributed by atoms with Gasteiger partial charge in [-0.15, -0.1) is 0 Å². The topological polar surface area (TPSA) is 68.7 Å². The standard InChI is InChI=1S/C22H27NO4Se/c1-21(2)8-9-22(3,4)19-16(21)10-15(11-17(19)27-13-26-5)28-18-7-6-14(12-23-18)20(24)25/h6-7,10-12H,8-9,13H2,1-5H3,(H,24,25). The predicted molar refractivity (Wildman–Crippen MR) is 110 cm³/mol. The Morgan fingerprint density at radius 3 is 2.50 bits per heavy atom. The summed E-state index contributed by atoms with van der Waals surface area (Å²) in [4.78, 5) is 15.4. The first kappa shape index (κ1) is 20.8. The molecule has 0 saturated heterocycles. The number of rotatable bonds is 6. The van der Waals surface area contributed by atoms with Gasteiger partial charge in [0.25, 0.3) is 0 Å². The van der Waals surface area contributed by atoms with Gasteiger partial charge in [-0.1, -0.05) is 0 Å². The minimum atomic E-state index is -0.959. The zero-order chi connectivity index (χ0) is 20.5. The maximum absolute atomic E-state index is 11.0. The molecule has 1 aliphatic carbocycles. The molecule has 1 heterocycles. The van der Waals surface area contributed by atoms with E-state index in [2.05, 4.69) is 44.8 Å². The summed E-state index contributed by atoms with van der Waals surface area (Å²) in [5, 5.41) is 9.06. The molecule has 0 aliphatic heterocycles. The Morgan fingerprint density at radius 1 is 1.18 bits per heavy atom. The summed E-state index contributed by atoms with van der Waals surface area (Å²) in [6.45, 7) is 9.34. The number of carbonyl (C=O) groups is 1. The van der Waals surface area contributed by atoms with Crippen molar-refractivity contribution in [1.82, 2.24) is 4.98 Å². The van der Waals surface area contributed by atoms with E-state index >= 15 is 0 Å². The van der Waals surface area contributed by atoms with Crippen LogP contribution in [-0.4, -0.2) is 44.9 Å². The van der Waals surface area contributed by atoms with E-state index < -0.39 is 5.97 Å². The molecule has 6 heteroatoms. The fraction of sp³-hybridized carbons (Fsp3) is 0.455. The molecule has 0 spiro atoms. The number of ether oxygens (including phenoxy) is 2. The number of methoxy groups -OCH3 is 1. The van der Waals surface area contributed by atoms with Crippen molar-refractivity contribution in [3.63, 3.8) is 0 Å². The first-order chi connectivity index (χ1) is 13.1. The third-order valence-corrected chi connectivity index (χ3v) is 7.33. The quantitative estimate of drug-likeness (QED) is 0.544. The summed E-state index contributed by atoms with van der Waals surface area (Å²) in [5.41, 5.74) is 2.92. The number of carboxylic acids is 1. The van der Waals surface area contributed by atoms with Crippen molar-refractivity contribution in [3.05, 3.63) is 47.2 Å². The molecular weight excluding hydrogens is 421 g/mol. The summed E-state index contributed by atoms with van der Waals surface area (Å²) in [6.07, 6.45) is 3.66. The Kier molecular flexibility index (Phi) is 5.85. The van der Waals surface area contributed by atoms with Crippen molar-refractivity contribution < 1.29 is 19.4 Å². The first-order valence-corrected chi connectivity index (χ1v) is 11.0. The molecule has 0 radical (unpaired) electrons. The number of aromatic carboxylic acids is 1. The molecule has 0 unspecified atom stereocenters. The summed E-state index contributed by atoms with van der Waals surface area (Å²) < 4.78 is 13.2. The third-order valence-electron chi connectivity index (χ3n) is 5.39. The van der Waals surface area contributed by atoms with Crippen molar-refractivity contribution in [2.45, 2.75) is 51.4 Å². The Bertz CT molecular complexity index is 875. The van der Waals surface area contributed by atoms with Crippen molar-refractivity contribution in [3.8, 4) is 5.75 Å². The fourth-order valence-electron chi connectivity index (χ4n) is 3.69. The number of fused-ring (bicyclic) bond motifs is 1. The molecule has 0 saturated carbocycles. The molecule has 0 amide bonds. The van der Waals surface area contributed by atoms with Crippen molar-refractivity contribution in [2.24, 2.45) is 0 Å².